The lowest BCUT2D eigenvalue weighted by atomic mass is 10.0. The van der Waals surface area contributed by atoms with E-state index in [2.05, 4.69) is 23.6 Å². The van der Waals surface area contributed by atoms with Crippen molar-refractivity contribution in [3.63, 3.8) is 0 Å². The van der Waals surface area contributed by atoms with Crippen LogP contribution in [0.5, 0.6) is 0 Å². The van der Waals surface area contributed by atoms with E-state index >= 15 is 0 Å². The predicted octanol–water partition coefficient (Wildman–Crippen LogP) is 1.84. The number of aliphatic carboxylic acids is 1. The van der Waals surface area contributed by atoms with E-state index in [0.717, 1.165) is 37.2 Å². The van der Waals surface area contributed by atoms with E-state index in [1.807, 2.05) is 0 Å². The average Bonchev–Trinajstić information content (AvgIpc) is 2.76. The first-order chi connectivity index (χ1) is 8.66. The Bertz CT molecular complexity index is 279. The second-order valence-electron chi connectivity index (χ2n) is 5.18. The molecule has 0 aromatic rings. The van der Waals surface area contributed by atoms with Crippen molar-refractivity contribution in [3.8, 4) is 0 Å². The summed E-state index contributed by atoms with van der Waals surface area (Å²) < 4.78 is 5.62. The van der Waals surface area contributed by atoms with Gasteiger partial charge in [-0.2, -0.15) is 11.8 Å². The van der Waals surface area contributed by atoms with Gasteiger partial charge in [0.05, 0.1) is 19.1 Å². The van der Waals surface area contributed by atoms with E-state index in [1.165, 1.54) is 12.2 Å². The van der Waals surface area contributed by atoms with Crippen LogP contribution in [-0.4, -0.2) is 58.8 Å². The van der Waals surface area contributed by atoms with Crippen LogP contribution in [0.25, 0.3) is 0 Å². The molecule has 18 heavy (non-hydrogen) atoms. The maximum absolute atomic E-state index is 10.4. The summed E-state index contributed by atoms with van der Waals surface area (Å²) in [6, 6.07) is 0.745. The summed E-state index contributed by atoms with van der Waals surface area (Å²) in [6.45, 7) is 4.90. The van der Waals surface area contributed by atoms with Gasteiger partial charge in [-0.05, 0) is 25.0 Å². The number of likely N-dealkylation sites (tertiary alicyclic amines) is 1. The van der Waals surface area contributed by atoms with Crippen molar-refractivity contribution in [1.82, 2.24) is 4.90 Å². The minimum atomic E-state index is -0.774. The largest absolute Gasteiger partial charge is 0.481 e. The molecule has 1 N–H and O–H groups in total. The number of carboxylic acid groups (broad SMARTS) is 1. The first kappa shape index (κ1) is 14.2. The fourth-order valence-corrected chi connectivity index (χ4v) is 4.17. The number of rotatable bonds is 5. The van der Waals surface area contributed by atoms with Crippen molar-refractivity contribution in [2.24, 2.45) is 0 Å². The molecule has 0 saturated carbocycles. The summed E-state index contributed by atoms with van der Waals surface area (Å²) in [5.41, 5.74) is 0. The van der Waals surface area contributed by atoms with Crippen molar-refractivity contribution in [1.29, 1.82) is 0 Å². The summed E-state index contributed by atoms with van der Waals surface area (Å²) in [6.07, 6.45) is 3.80. The molecule has 2 atom stereocenters. The quantitative estimate of drug-likeness (QED) is 0.828. The van der Waals surface area contributed by atoms with E-state index in [9.17, 15) is 4.79 Å². The highest BCUT2D eigenvalue weighted by Gasteiger charge is 2.32. The van der Waals surface area contributed by atoms with Crippen LogP contribution in [-0.2, 0) is 9.53 Å². The first-order valence-electron chi connectivity index (χ1n) is 6.86. The molecule has 5 heteroatoms. The van der Waals surface area contributed by atoms with Gasteiger partial charge in [-0.15, -0.1) is 0 Å². The molecule has 0 aromatic heterocycles. The van der Waals surface area contributed by atoms with Gasteiger partial charge >= 0.3 is 5.97 Å². The molecule has 2 saturated heterocycles. The first-order valence-corrected chi connectivity index (χ1v) is 7.90. The summed E-state index contributed by atoms with van der Waals surface area (Å²) in [4.78, 5) is 13.0. The lowest BCUT2D eigenvalue weighted by molar-refractivity contribution is -0.138. The Hall–Kier alpha value is -0.260. The third-order valence-corrected chi connectivity index (χ3v) is 5.26. The third-order valence-electron chi connectivity index (χ3n) is 3.95. The molecule has 2 aliphatic rings. The molecule has 4 nitrogen and oxygen atoms in total. The maximum atomic E-state index is 10.4. The van der Waals surface area contributed by atoms with Gasteiger partial charge in [0.25, 0.3) is 0 Å². The van der Waals surface area contributed by atoms with Crippen LogP contribution in [0.4, 0.5) is 0 Å². The van der Waals surface area contributed by atoms with Crippen LogP contribution in [0.15, 0.2) is 0 Å². The van der Waals surface area contributed by atoms with Crippen molar-refractivity contribution in [2.75, 3.05) is 25.4 Å². The van der Waals surface area contributed by atoms with Gasteiger partial charge in [0.1, 0.15) is 0 Å². The number of carbonyl (C=O) groups is 1. The van der Waals surface area contributed by atoms with Gasteiger partial charge in [-0.1, -0.05) is 6.92 Å². The van der Waals surface area contributed by atoms with Crippen molar-refractivity contribution in [2.45, 2.75) is 50.0 Å². The second-order valence-corrected chi connectivity index (χ2v) is 6.67. The van der Waals surface area contributed by atoms with Gasteiger partial charge in [0.15, 0.2) is 0 Å². The fraction of sp³-hybridized carbons (Fsp3) is 0.923. The molecule has 0 spiro atoms. The van der Waals surface area contributed by atoms with Crippen LogP contribution < -0.4 is 0 Å². The minimum absolute atomic E-state index is 0.122. The Morgan fingerprint density at radius 1 is 1.39 bits per heavy atom. The zero-order chi connectivity index (χ0) is 13.0. The summed E-state index contributed by atoms with van der Waals surface area (Å²) in [7, 11) is 0. The Labute approximate surface area is 113 Å². The molecular formula is C13H23NO3S. The number of carboxylic acids is 1. The van der Waals surface area contributed by atoms with Gasteiger partial charge < -0.3 is 9.84 Å². The van der Waals surface area contributed by atoms with E-state index in [-0.39, 0.29) is 12.5 Å². The molecule has 0 radical (unpaired) electrons. The summed E-state index contributed by atoms with van der Waals surface area (Å²) in [5.74, 6) is 0.519. The average molecular weight is 273 g/mol. The number of hydrogen-bond donors (Lipinski definition) is 1. The Balaban J connectivity index is 1.66. The monoisotopic (exact) mass is 273 g/mol. The molecule has 2 fully saturated rings. The van der Waals surface area contributed by atoms with Crippen LogP contribution in [0.3, 0.4) is 0 Å². The van der Waals surface area contributed by atoms with Crippen LogP contribution in [0, 0.1) is 0 Å². The zero-order valence-corrected chi connectivity index (χ0v) is 11.8. The summed E-state index contributed by atoms with van der Waals surface area (Å²) >= 11 is 2.08. The predicted molar refractivity (Wildman–Crippen MR) is 73.1 cm³/mol. The molecule has 104 valence electrons. The fourth-order valence-electron chi connectivity index (χ4n) is 2.89. The molecule has 2 rings (SSSR count). The lowest BCUT2D eigenvalue weighted by Gasteiger charge is -2.37. The number of thioether (sulfide) groups is 1. The molecule has 2 aliphatic heterocycles. The second kappa shape index (κ2) is 6.78. The van der Waals surface area contributed by atoms with Crippen LogP contribution in [0.2, 0.25) is 0 Å². The standard InChI is InChI=1S/C13H23NO3S/c1-10-12(5-9-18-10)14-6-2-11(3-7-14)17-8-4-13(15)16/h10-12H,2-9H2,1H3,(H,15,16). The van der Waals surface area contributed by atoms with E-state index in [1.54, 1.807) is 0 Å². The van der Waals surface area contributed by atoms with Gasteiger partial charge in [-0.3, -0.25) is 9.69 Å². The smallest absolute Gasteiger partial charge is 0.305 e. The van der Waals surface area contributed by atoms with Crippen molar-refractivity contribution in [3.05, 3.63) is 0 Å². The Kier molecular flexibility index (Phi) is 5.33. The van der Waals surface area contributed by atoms with Crippen molar-refractivity contribution < 1.29 is 14.6 Å². The highest BCUT2D eigenvalue weighted by atomic mass is 32.2. The van der Waals surface area contributed by atoms with Crippen LogP contribution in [0.1, 0.15) is 32.6 Å². The third kappa shape index (κ3) is 3.87. The topological polar surface area (TPSA) is 49.8 Å². The van der Waals surface area contributed by atoms with Crippen molar-refractivity contribution >= 4 is 17.7 Å². The molecule has 0 aliphatic carbocycles. The van der Waals surface area contributed by atoms with Gasteiger partial charge in [-0.25, -0.2) is 0 Å². The van der Waals surface area contributed by atoms with Gasteiger partial charge in [0.2, 0.25) is 0 Å². The minimum Gasteiger partial charge on any atom is -0.481 e. The van der Waals surface area contributed by atoms with E-state index in [4.69, 9.17) is 9.84 Å². The summed E-state index contributed by atoms with van der Waals surface area (Å²) in [5, 5.41) is 9.33. The molecule has 2 heterocycles. The molecule has 0 bridgehead atoms. The number of ether oxygens (including phenoxy) is 1. The molecular weight excluding hydrogens is 250 g/mol. The Morgan fingerprint density at radius 3 is 2.67 bits per heavy atom. The SMILES string of the molecule is CC1SCCC1N1CCC(OCCC(=O)O)CC1. The number of piperidine rings is 1. The number of hydrogen-bond acceptors (Lipinski definition) is 4. The van der Waals surface area contributed by atoms with Gasteiger partial charge in [0, 0.05) is 24.4 Å². The molecule has 0 aromatic carbocycles. The lowest BCUT2D eigenvalue weighted by Crippen LogP contribution is -2.45. The number of nitrogens with zero attached hydrogens (tertiary/aromatic N) is 1. The highest BCUT2D eigenvalue weighted by molar-refractivity contribution is 8.00. The van der Waals surface area contributed by atoms with Crippen LogP contribution >= 0.6 is 11.8 Å². The Morgan fingerprint density at radius 2 is 2.11 bits per heavy atom. The molecule has 0 amide bonds. The highest BCUT2D eigenvalue weighted by Crippen LogP contribution is 2.32. The zero-order valence-electron chi connectivity index (χ0n) is 11.0. The maximum Gasteiger partial charge on any atom is 0.305 e. The van der Waals surface area contributed by atoms with E-state index < -0.39 is 5.97 Å². The molecule has 2 unspecified atom stereocenters. The van der Waals surface area contributed by atoms with E-state index in [0.29, 0.717) is 6.61 Å². The normalized spacial score (nSPS) is 30.7.